The Morgan fingerprint density at radius 1 is 1.10 bits per heavy atom. The Morgan fingerprint density at radius 3 is 2.62 bits per heavy atom. The molecule has 2 aromatic carbocycles. The van der Waals surface area contributed by atoms with E-state index in [1.54, 1.807) is 24.4 Å². The van der Waals surface area contributed by atoms with Crippen molar-refractivity contribution in [2.75, 3.05) is 11.9 Å². The van der Waals surface area contributed by atoms with E-state index in [2.05, 4.69) is 46.2 Å². The number of amides is 1. The molecule has 1 fully saturated rings. The van der Waals surface area contributed by atoms with E-state index >= 15 is 0 Å². The van der Waals surface area contributed by atoms with E-state index in [-0.39, 0.29) is 30.1 Å². The first kappa shape index (κ1) is 26.8. The van der Waals surface area contributed by atoms with Crippen LogP contribution in [0.5, 0.6) is 0 Å². The van der Waals surface area contributed by atoms with E-state index in [4.69, 9.17) is 23.8 Å². The highest BCUT2D eigenvalue weighted by molar-refractivity contribution is 7.80. The summed E-state index contributed by atoms with van der Waals surface area (Å²) in [5, 5.41) is 7.36. The van der Waals surface area contributed by atoms with Crippen LogP contribution in [0.1, 0.15) is 46.7 Å². The Kier molecular flexibility index (Phi) is 7.68. The van der Waals surface area contributed by atoms with Gasteiger partial charge in [0.15, 0.2) is 5.11 Å². The fraction of sp³-hybridized carbons (Fsp3) is 0.233. The molecule has 4 aromatic rings. The number of pyridine rings is 1. The second-order valence-corrected chi connectivity index (χ2v) is 10.4. The van der Waals surface area contributed by atoms with Crippen LogP contribution >= 0.6 is 23.8 Å². The molecule has 3 heterocycles. The molecule has 0 aliphatic carbocycles. The van der Waals surface area contributed by atoms with Crippen LogP contribution in [0, 0.1) is 26.6 Å². The maximum absolute atomic E-state index is 14.1. The summed E-state index contributed by atoms with van der Waals surface area (Å²) in [5.41, 5.74) is 6.21. The lowest BCUT2D eigenvalue weighted by atomic mass is 9.96. The average molecular weight is 562 g/mol. The number of carbonyl (C=O) groups is 1. The highest BCUT2D eigenvalue weighted by atomic mass is 35.5. The summed E-state index contributed by atoms with van der Waals surface area (Å²) in [4.78, 5) is 19.5. The first-order chi connectivity index (χ1) is 18.8. The second kappa shape index (κ2) is 11.2. The standard InChI is InChI=1S/C30H29ClFN5OS/c1-18-17-21(20(3)37(18)26-13-8-9-22(31)19(26)2)29-28(25-12-6-7-15-33-25)35-30(39)36(29)16-14-27(38)34-24-11-5-4-10-23(24)32/h4-13,15,17,28-29H,14,16H2,1-3H3,(H,34,38)(H,35,39). The smallest absolute Gasteiger partial charge is 0.226 e. The number of carbonyl (C=O) groups excluding carboxylic acids is 1. The van der Waals surface area contributed by atoms with E-state index < -0.39 is 5.82 Å². The summed E-state index contributed by atoms with van der Waals surface area (Å²) in [6, 6.07) is 19.6. The number of anilines is 1. The van der Waals surface area contributed by atoms with Gasteiger partial charge in [-0.2, -0.15) is 0 Å². The largest absolute Gasteiger partial charge is 0.352 e. The highest BCUT2D eigenvalue weighted by Gasteiger charge is 2.41. The number of para-hydroxylation sites is 1. The molecule has 6 nitrogen and oxygen atoms in total. The topological polar surface area (TPSA) is 62.2 Å². The van der Waals surface area contributed by atoms with Crippen molar-refractivity contribution in [2.24, 2.45) is 0 Å². The molecule has 2 N–H and O–H groups in total. The summed E-state index contributed by atoms with van der Waals surface area (Å²) in [5.74, 6) is -0.760. The van der Waals surface area contributed by atoms with Crippen LogP contribution in [0.15, 0.2) is 72.9 Å². The van der Waals surface area contributed by atoms with Gasteiger partial charge < -0.3 is 20.1 Å². The number of thiocarbonyl (C=S) groups is 1. The van der Waals surface area contributed by atoms with Gasteiger partial charge in [-0.1, -0.05) is 35.9 Å². The van der Waals surface area contributed by atoms with E-state index in [1.165, 1.54) is 6.07 Å². The maximum Gasteiger partial charge on any atom is 0.226 e. The maximum atomic E-state index is 14.1. The van der Waals surface area contributed by atoms with Crippen molar-refractivity contribution in [2.45, 2.75) is 39.3 Å². The Morgan fingerprint density at radius 2 is 1.87 bits per heavy atom. The molecule has 2 atom stereocenters. The molecule has 0 spiro atoms. The molecule has 1 aliphatic rings. The zero-order valence-corrected chi connectivity index (χ0v) is 23.5. The molecule has 1 aliphatic heterocycles. The molecule has 200 valence electrons. The number of halogens is 2. The Hall–Kier alpha value is -3.75. The minimum Gasteiger partial charge on any atom is -0.352 e. The summed E-state index contributed by atoms with van der Waals surface area (Å²) in [6.45, 7) is 6.52. The summed E-state index contributed by atoms with van der Waals surface area (Å²) in [6.07, 6.45) is 1.90. The SMILES string of the molecule is Cc1c(Cl)cccc1-n1c(C)cc(C2C(c3ccccn3)NC(=S)N2CCC(=O)Nc2ccccc2F)c1C. The van der Waals surface area contributed by atoms with E-state index in [9.17, 15) is 9.18 Å². The second-order valence-electron chi connectivity index (χ2n) is 9.64. The van der Waals surface area contributed by atoms with Crippen molar-refractivity contribution in [3.05, 3.63) is 112 Å². The number of benzene rings is 2. The third-order valence-electron chi connectivity index (χ3n) is 7.19. The van der Waals surface area contributed by atoms with E-state index in [0.29, 0.717) is 16.7 Å². The molecule has 5 rings (SSSR count). The number of rotatable bonds is 7. The Bertz CT molecular complexity index is 1540. The minimum atomic E-state index is -0.471. The monoisotopic (exact) mass is 561 g/mol. The van der Waals surface area contributed by atoms with Crippen molar-refractivity contribution >= 4 is 40.5 Å². The van der Waals surface area contributed by atoms with Gasteiger partial charge in [0.05, 0.1) is 23.5 Å². The van der Waals surface area contributed by atoms with Gasteiger partial charge in [-0.15, -0.1) is 0 Å². The lowest BCUT2D eigenvalue weighted by molar-refractivity contribution is -0.116. The van der Waals surface area contributed by atoms with Crippen molar-refractivity contribution in [3.63, 3.8) is 0 Å². The van der Waals surface area contributed by atoms with Crippen molar-refractivity contribution < 1.29 is 9.18 Å². The summed E-state index contributed by atoms with van der Waals surface area (Å²) in [7, 11) is 0. The predicted molar refractivity (Wildman–Crippen MR) is 157 cm³/mol. The molecule has 1 saturated heterocycles. The van der Waals surface area contributed by atoms with Crippen LogP contribution in [0.4, 0.5) is 10.1 Å². The van der Waals surface area contributed by atoms with Gasteiger partial charge in [0.1, 0.15) is 5.82 Å². The molecule has 0 bridgehead atoms. The number of aromatic nitrogens is 2. The first-order valence-corrected chi connectivity index (χ1v) is 13.5. The van der Waals surface area contributed by atoms with Crippen LogP contribution < -0.4 is 10.6 Å². The zero-order chi connectivity index (χ0) is 27.7. The first-order valence-electron chi connectivity index (χ1n) is 12.7. The summed E-state index contributed by atoms with van der Waals surface area (Å²) >= 11 is 12.3. The minimum absolute atomic E-state index is 0.133. The van der Waals surface area contributed by atoms with Crippen LogP contribution in [0.2, 0.25) is 5.02 Å². The van der Waals surface area contributed by atoms with E-state index in [0.717, 1.165) is 33.9 Å². The number of nitrogens with one attached hydrogen (secondary N) is 2. The van der Waals surface area contributed by atoms with Gasteiger partial charge in [0.2, 0.25) is 5.91 Å². The van der Waals surface area contributed by atoms with Gasteiger partial charge >= 0.3 is 0 Å². The number of aryl methyl sites for hydroxylation is 1. The molecule has 39 heavy (non-hydrogen) atoms. The van der Waals surface area contributed by atoms with Crippen LogP contribution in [-0.2, 0) is 4.79 Å². The molecular formula is C30H29ClFN5OS. The predicted octanol–water partition coefficient (Wildman–Crippen LogP) is 6.59. The number of hydrogen-bond acceptors (Lipinski definition) is 3. The molecule has 2 aromatic heterocycles. The Balaban J connectivity index is 1.50. The van der Waals surface area contributed by atoms with Gasteiger partial charge in [0.25, 0.3) is 0 Å². The van der Waals surface area contributed by atoms with Crippen LogP contribution in [0.3, 0.4) is 0 Å². The van der Waals surface area contributed by atoms with Crippen molar-refractivity contribution in [1.82, 2.24) is 19.8 Å². The molecule has 0 radical (unpaired) electrons. The van der Waals surface area contributed by atoms with Gasteiger partial charge in [0, 0.05) is 41.3 Å². The van der Waals surface area contributed by atoms with Gasteiger partial charge in [-0.25, -0.2) is 4.39 Å². The third-order valence-corrected chi connectivity index (χ3v) is 7.96. The lowest BCUT2D eigenvalue weighted by Crippen LogP contribution is -2.33. The number of hydrogen-bond donors (Lipinski definition) is 2. The molecule has 9 heteroatoms. The van der Waals surface area contributed by atoms with Crippen molar-refractivity contribution in [3.8, 4) is 5.69 Å². The van der Waals surface area contributed by atoms with Crippen molar-refractivity contribution in [1.29, 1.82) is 0 Å². The lowest BCUT2D eigenvalue weighted by Gasteiger charge is -2.28. The number of nitrogens with zero attached hydrogens (tertiary/aromatic N) is 3. The summed E-state index contributed by atoms with van der Waals surface area (Å²) < 4.78 is 16.3. The molecule has 2 unspecified atom stereocenters. The third kappa shape index (κ3) is 5.27. The fourth-order valence-electron chi connectivity index (χ4n) is 5.28. The average Bonchev–Trinajstić information content (AvgIpc) is 3.40. The van der Waals surface area contributed by atoms with Crippen LogP contribution in [-0.4, -0.2) is 32.0 Å². The fourth-order valence-corrected chi connectivity index (χ4v) is 5.78. The molecular weight excluding hydrogens is 533 g/mol. The molecule has 1 amide bonds. The van der Waals surface area contributed by atoms with Gasteiger partial charge in [-0.05, 0) is 86.6 Å². The quantitative estimate of drug-likeness (QED) is 0.249. The Labute approximate surface area is 237 Å². The molecule has 0 saturated carbocycles. The highest BCUT2D eigenvalue weighted by Crippen LogP contribution is 2.42. The zero-order valence-electron chi connectivity index (χ0n) is 21.9. The normalized spacial score (nSPS) is 16.8. The van der Waals surface area contributed by atoms with E-state index in [1.807, 2.05) is 42.2 Å². The van der Waals surface area contributed by atoms with Gasteiger partial charge in [-0.3, -0.25) is 9.78 Å². The van der Waals surface area contributed by atoms with Crippen LogP contribution in [0.25, 0.3) is 5.69 Å².